The number of amides is 1. The Morgan fingerprint density at radius 1 is 1.12 bits per heavy atom. The Hall–Kier alpha value is -1.80. The number of halogens is 2. The summed E-state index contributed by atoms with van der Waals surface area (Å²) in [6, 6.07) is 13.7. The topological polar surface area (TPSA) is 75.7 Å². The zero-order valence-electron chi connectivity index (χ0n) is 18.2. The maximum absolute atomic E-state index is 13.3. The molecule has 0 spiro atoms. The van der Waals surface area contributed by atoms with E-state index in [4.69, 9.17) is 27.9 Å². The van der Waals surface area contributed by atoms with E-state index in [1.54, 1.807) is 13.0 Å². The third kappa shape index (κ3) is 5.57. The lowest BCUT2D eigenvalue weighted by atomic mass is 9.74. The molecule has 0 radical (unpaired) electrons. The normalized spacial score (nSPS) is 16.9. The molecule has 1 aliphatic heterocycles. The molecule has 1 N–H and O–H groups in total. The fourth-order valence-electron chi connectivity index (χ4n) is 4.18. The Morgan fingerprint density at radius 2 is 1.78 bits per heavy atom. The predicted octanol–water partition coefficient (Wildman–Crippen LogP) is 4.40. The highest BCUT2D eigenvalue weighted by molar-refractivity contribution is 7.92. The van der Waals surface area contributed by atoms with Crippen LogP contribution < -0.4 is 9.62 Å². The van der Waals surface area contributed by atoms with Crippen LogP contribution in [0.1, 0.15) is 31.7 Å². The second-order valence-electron chi connectivity index (χ2n) is 8.06. The zero-order chi connectivity index (χ0) is 23.4. The number of carbonyl (C=O) groups excluding carboxylic acids is 1. The monoisotopic (exact) mass is 498 g/mol. The van der Waals surface area contributed by atoms with Crippen LogP contribution in [-0.2, 0) is 25.0 Å². The van der Waals surface area contributed by atoms with E-state index in [1.165, 1.54) is 12.1 Å². The molecule has 2 aromatic carbocycles. The Kier molecular flexibility index (Phi) is 8.09. The molecule has 0 unspecified atom stereocenters. The van der Waals surface area contributed by atoms with Crippen molar-refractivity contribution in [1.82, 2.24) is 5.32 Å². The van der Waals surface area contributed by atoms with Gasteiger partial charge in [-0.3, -0.25) is 9.10 Å². The molecule has 0 aliphatic carbocycles. The Bertz CT molecular complexity index is 1040. The van der Waals surface area contributed by atoms with Crippen molar-refractivity contribution in [3.8, 4) is 0 Å². The SMILES string of the molecule is CC[C@@H](C(=O)NCC1(c2ccccc2)CCOCC1)N(c1ccc(Cl)c(Cl)c1)S(C)(=O)=O. The van der Waals surface area contributed by atoms with Crippen LogP contribution in [0.25, 0.3) is 0 Å². The number of hydrogen-bond donors (Lipinski definition) is 1. The highest BCUT2D eigenvalue weighted by atomic mass is 35.5. The van der Waals surface area contributed by atoms with E-state index in [1.807, 2.05) is 18.2 Å². The lowest BCUT2D eigenvalue weighted by Crippen LogP contribution is -2.52. The number of carbonyl (C=O) groups is 1. The molecule has 1 saturated heterocycles. The van der Waals surface area contributed by atoms with Crippen LogP contribution >= 0.6 is 23.2 Å². The predicted molar refractivity (Wildman–Crippen MR) is 129 cm³/mol. The highest BCUT2D eigenvalue weighted by Crippen LogP contribution is 2.35. The molecule has 0 saturated carbocycles. The zero-order valence-corrected chi connectivity index (χ0v) is 20.5. The molecule has 9 heteroatoms. The van der Waals surface area contributed by atoms with Crippen molar-refractivity contribution in [2.24, 2.45) is 0 Å². The lowest BCUT2D eigenvalue weighted by molar-refractivity contribution is -0.122. The van der Waals surface area contributed by atoms with Gasteiger partial charge in [-0.2, -0.15) is 0 Å². The summed E-state index contributed by atoms with van der Waals surface area (Å²) in [5, 5.41) is 3.56. The minimum atomic E-state index is -3.76. The second kappa shape index (κ2) is 10.4. The number of hydrogen-bond acceptors (Lipinski definition) is 4. The maximum atomic E-state index is 13.3. The van der Waals surface area contributed by atoms with Crippen molar-refractivity contribution in [3.63, 3.8) is 0 Å². The van der Waals surface area contributed by atoms with E-state index < -0.39 is 16.1 Å². The molecule has 1 fully saturated rings. The quantitative estimate of drug-likeness (QED) is 0.584. The third-order valence-electron chi connectivity index (χ3n) is 5.92. The first-order valence-electron chi connectivity index (χ1n) is 10.5. The fraction of sp³-hybridized carbons (Fsp3) is 0.435. The first-order chi connectivity index (χ1) is 15.2. The van der Waals surface area contributed by atoms with E-state index in [2.05, 4.69) is 17.4 Å². The Balaban J connectivity index is 1.86. The lowest BCUT2D eigenvalue weighted by Gasteiger charge is -2.39. The highest BCUT2D eigenvalue weighted by Gasteiger charge is 2.37. The maximum Gasteiger partial charge on any atom is 0.243 e. The molecular formula is C23H28Cl2N2O4S. The van der Waals surface area contributed by atoms with Crippen LogP contribution in [0.15, 0.2) is 48.5 Å². The van der Waals surface area contributed by atoms with Gasteiger partial charge in [0, 0.05) is 25.2 Å². The molecular weight excluding hydrogens is 471 g/mol. The second-order valence-corrected chi connectivity index (χ2v) is 10.7. The molecule has 6 nitrogen and oxygen atoms in total. The number of sulfonamides is 1. The van der Waals surface area contributed by atoms with Crippen LogP contribution in [0, 0.1) is 0 Å². The minimum absolute atomic E-state index is 0.221. The first-order valence-corrected chi connectivity index (χ1v) is 13.1. The molecule has 32 heavy (non-hydrogen) atoms. The average molecular weight is 499 g/mol. The molecule has 174 valence electrons. The van der Waals surface area contributed by atoms with Crippen LogP contribution in [0.3, 0.4) is 0 Å². The molecule has 1 atom stereocenters. The summed E-state index contributed by atoms with van der Waals surface area (Å²) in [5.74, 6) is -0.356. The summed E-state index contributed by atoms with van der Waals surface area (Å²) in [6.07, 6.45) is 2.92. The van der Waals surface area contributed by atoms with E-state index in [0.29, 0.717) is 36.9 Å². The van der Waals surface area contributed by atoms with Gasteiger partial charge in [0.25, 0.3) is 0 Å². The van der Waals surface area contributed by atoms with Gasteiger partial charge >= 0.3 is 0 Å². The van der Waals surface area contributed by atoms with E-state index in [-0.39, 0.29) is 16.3 Å². The number of ether oxygens (including phenoxy) is 1. The summed E-state index contributed by atoms with van der Waals surface area (Å²) >= 11 is 12.1. The Labute approximate surface area is 199 Å². The minimum Gasteiger partial charge on any atom is -0.381 e. The molecule has 1 heterocycles. The van der Waals surface area contributed by atoms with Gasteiger partial charge in [0.15, 0.2) is 0 Å². The van der Waals surface area contributed by atoms with Gasteiger partial charge in [-0.1, -0.05) is 60.5 Å². The van der Waals surface area contributed by atoms with E-state index in [9.17, 15) is 13.2 Å². The largest absolute Gasteiger partial charge is 0.381 e. The van der Waals surface area contributed by atoms with Crippen LogP contribution in [0.5, 0.6) is 0 Å². The summed E-state index contributed by atoms with van der Waals surface area (Å²) in [4.78, 5) is 13.3. The molecule has 0 bridgehead atoms. The molecule has 2 aromatic rings. The summed E-state index contributed by atoms with van der Waals surface area (Å²) < 4.78 is 32.0. The number of anilines is 1. The van der Waals surface area contributed by atoms with Gasteiger partial charge < -0.3 is 10.1 Å². The average Bonchev–Trinajstić information content (AvgIpc) is 2.78. The van der Waals surface area contributed by atoms with Crippen molar-refractivity contribution in [1.29, 1.82) is 0 Å². The van der Waals surface area contributed by atoms with E-state index >= 15 is 0 Å². The van der Waals surface area contributed by atoms with Gasteiger partial charge in [-0.25, -0.2) is 8.42 Å². The summed E-state index contributed by atoms with van der Waals surface area (Å²) in [6.45, 7) is 3.40. The van der Waals surface area contributed by atoms with Crippen LogP contribution in [0.2, 0.25) is 10.0 Å². The smallest absolute Gasteiger partial charge is 0.243 e. The van der Waals surface area contributed by atoms with Crippen LogP contribution in [-0.4, -0.2) is 46.4 Å². The number of nitrogens with one attached hydrogen (secondary N) is 1. The summed E-state index contributed by atoms with van der Waals surface area (Å²) in [7, 11) is -3.76. The van der Waals surface area contributed by atoms with Gasteiger partial charge in [-0.05, 0) is 43.0 Å². The van der Waals surface area contributed by atoms with Crippen molar-refractivity contribution in [3.05, 3.63) is 64.1 Å². The fourth-order valence-corrected chi connectivity index (χ4v) is 5.67. The van der Waals surface area contributed by atoms with Crippen molar-refractivity contribution < 1.29 is 17.9 Å². The van der Waals surface area contributed by atoms with E-state index in [0.717, 1.165) is 29.0 Å². The number of rotatable bonds is 8. The van der Waals surface area contributed by atoms with Crippen molar-refractivity contribution in [2.75, 3.05) is 30.3 Å². The Morgan fingerprint density at radius 3 is 2.34 bits per heavy atom. The van der Waals surface area contributed by atoms with Crippen molar-refractivity contribution in [2.45, 2.75) is 37.6 Å². The van der Waals surface area contributed by atoms with Gasteiger partial charge in [0.2, 0.25) is 15.9 Å². The number of nitrogens with zero attached hydrogens (tertiary/aromatic N) is 1. The van der Waals surface area contributed by atoms with Crippen LogP contribution in [0.4, 0.5) is 5.69 Å². The summed E-state index contributed by atoms with van der Waals surface area (Å²) in [5.41, 5.74) is 1.18. The molecule has 1 aliphatic rings. The standard InChI is InChI=1S/C23H28Cl2N2O4S/c1-3-21(27(32(2,29)30)18-9-10-19(24)20(25)15-18)22(28)26-16-23(11-13-31-14-12-23)17-7-5-4-6-8-17/h4-10,15,21H,3,11-14,16H2,1-2H3,(H,26,28)/t21-/m0/s1. The molecule has 0 aromatic heterocycles. The molecule has 3 rings (SSSR count). The number of benzene rings is 2. The van der Waals surface area contributed by atoms with Gasteiger partial charge in [-0.15, -0.1) is 0 Å². The molecule has 1 amide bonds. The van der Waals surface area contributed by atoms with Gasteiger partial charge in [0.05, 0.1) is 22.0 Å². The van der Waals surface area contributed by atoms with Crippen molar-refractivity contribution >= 4 is 44.8 Å². The van der Waals surface area contributed by atoms with Gasteiger partial charge in [0.1, 0.15) is 6.04 Å². The third-order valence-corrected chi connectivity index (χ3v) is 7.84. The first kappa shape index (κ1) is 24.8.